The van der Waals surface area contributed by atoms with Crippen molar-refractivity contribution in [2.45, 2.75) is 52.5 Å². The lowest BCUT2D eigenvalue weighted by Crippen LogP contribution is -2.28. The van der Waals surface area contributed by atoms with E-state index in [-0.39, 0.29) is 17.4 Å². The first kappa shape index (κ1) is 17.1. The molecule has 0 radical (unpaired) electrons. The van der Waals surface area contributed by atoms with E-state index in [1.54, 1.807) is 30.3 Å². The monoisotopic (exact) mass is 297 g/mol. The Bertz CT molecular complexity index is 460. The van der Waals surface area contributed by atoms with E-state index in [2.05, 4.69) is 44.9 Å². The Morgan fingerprint density at radius 1 is 1.40 bits per heavy atom. The second kappa shape index (κ2) is 6.68. The summed E-state index contributed by atoms with van der Waals surface area (Å²) in [7, 11) is 3.57. The predicted molar refractivity (Wildman–Crippen MR) is 85.3 cm³/mol. The molecule has 1 N–H and O–H groups in total. The largest absolute Gasteiger partial charge is 0.349 e. The number of nitrogens with one attached hydrogen (secondary N) is 1. The van der Waals surface area contributed by atoms with Gasteiger partial charge in [-0.25, -0.2) is 4.98 Å². The third-order valence-corrected chi connectivity index (χ3v) is 4.92. The maximum Gasteiger partial charge on any atom is 0.223 e. The van der Waals surface area contributed by atoms with Crippen LogP contribution in [0, 0.1) is 6.92 Å². The van der Waals surface area contributed by atoms with Gasteiger partial charge in [0.2, 0.25) is 5.91 Å². The third-order valence-electron chi connectivity index (χ3n) is 3.16. The highest BCUT2D eigenvalue weighted by Gasteiger charge is 2.22. The van der Waals surface area contributed by atoms with E-state index in [9.17, 15) is 4.79 Å². The first-order chi connectivity index (χ1) is 9.12. The van der Waals surface area contributed by atoms with Crippen LogP contribution in [0.2, 0.25) is 0 Å². The molecule has 0 fully saturated rings. The maximum absolute atomic E-state index is 11.5. The molecule has 20 heavy (non-hydrogen) atoms. The standard InChI is InChI=1S/C15H27N3OS/c1-10(16-9-8-12(19)18(6)7)13-11(2)17-14(20-13)15(3,4)5/h10,16H,8-9H2,1-7H3. The summed E-state index contributed by atoms with van der Waals surface area (Å²) in [4.78, 5) is 19.1. The lowest BCUT2D eigenvalue weighted by molar-refractivity contribution is -0.128. The van der Waals surface area contributed by atoms with Crippen LogP contribution >= 0.6 is 11.3 Å². The number of carbonyl (C=O) groups excluding carboxylic acids is 1. The van der Waals surface area contributed by atoms with Gasteiger partial charge in [-0.2, -0.15) is 0 Å². The number of hydrogen-bond donors (Lipinski definition) is 1. The molecule has 114 valence electrons. The predicted octanol–water partition coefficient (Wildman–Crippen LogP) is 2.88. The normalized spacial score (nSPS) is 13.3. The van der Waals surface area contributed by atoms with Crippen molar-refractivity contribution in [3.05, 3.63) is 15.6 Å². The van der Waals surface area contributed by atoms with E-state index in [1.165, 1.54) is 9.88 Å². The molecule has 0 bridgehead atoms. The van der Waals surface area contributed by atoms with Crippen LogP contribution in [0.3, 0.4) is 0 Å². The van der Waals surface area contributed by atoms with Gasteiger partial charge in [0.05, 0.1) is 10.7 Å². The Morgan fingerprint density at radius 3 is 2.45 bits per heavy atom. The van der Waals surface area contributed by atoms with E-state index in [4.69, 9.17) is 0 Å². The molecule has 0 saturated carbocycles. The first-order valence-corrected chi connectivity index (χ1v) is 7.86. The van der Waals surface area contributed by atoms with Crippen LogP contribution < -0.4 is 5.32 Å². The van der Waals surface area contributed by atoms with Gasteiger partial charge in [-0.1, -0.05) is 20.8 Å². The summed E-state index contributed by atoms with van der Waals surface area (Å²) in [5.74, 6) is 0.154. The van der Waals surface area contributed by atoms with Gasteiger partial charge in [0.1, 0.15) is 0 Å². The number of aryl methyl sites for hydroxylation is 1. The van der Waals surface area contributed by atoms with Gasteiger partial charge in [0.15, 0.2) is 0 Å². The van der Waals surface area contributed by atoms with Gasteiger partial charge in [-0.15, -0.1) is 11.3 Å². The van der Waals surface area contributed by atoms with Crippen LogP contribution in [0.4, 0.5) is 0 Å². The molecule has 0 aliphatic carbocycles. The van der Waals surface area contributed by atoms with Crippen LogP contribution in [-0.2, 0) is 10.2 Å². The molecular formula is C15H27N3OS. The highest BCUT2D eigenvalue weighted by Crippen LogP contribution is 2.32. The Kier molecular flexibility index (Phi) is 5.71. The zero-order chi connectivity index (χ0) is 15.5. The molecule has 0 saturated heterocycles. The molecule has 1 atom stereocenters. The van der Waals surface area contributed by atoms with Crippen molar-refractivity contribution in [2.24, 2.45) is 0 Å². The molecule has 4 nitrogen and oxygen atoms in total. The quantitative estimate of drug-likeness (QED) is 0.909. The average molecular weight is 297 g/mol. The lowest BCUT2D eigenvalue weighted by Gasteiger charge is -2.15. The number of thiazole rings is 1. The zero-order valence-corrected chi connectivity index (χ0v) is 14.5. The molecule has 5 heteroatoms. The smallest absolute Gasteiger partial charge is 0.223 e. The fourth-order valence-corrected chi connectivity index (χ4v) is 2.99. The topological polar surface area (TPSA) is 45.2 Å². The molecular weight excluding hydrogens is 270 g/mol. The summed E-state index contributed by atoms with van der Waals surface area (Å²) >= 11 is 1.77. The molecule has 0 aliphatic rings. The van der Waals surface area contributed by atoms with Gasteiger partial charge in [-0.05, 0) is 13.8 Å². The highest BCUT2D eigenvalue weighted by molar-refractivity contribution is 7.12. The van der Waals surface area contributed by atoms with Crippen LogP contribution in [-0.4, -0.2) is 36.4 Å². The van der Waals surface area contributed by atoms with Crippen LogP contribution in [0.15, 0.2) is 0 Å². The van der Waals surface area contributed by atoms with Gasteiger partial charge in [0, 0.05) is 43.4 Å². The summed E-state index contributed by atoms with van der Waals surface area (Å²) in [6.07, 6.45) is 0.529. The van der Waals surface area contributed by atoms with Crippen molar-refractivity contribution < 1.29 is 4.79 Å². The number of nitrogens with zero attached hydrogens (tertiary/aromatic N) is 2. The van der Waals surface area contributed by atoms with Crippen molar-refractivity contribution in [1.29, 1.82) is 0 Å². The van der Waals surface area contributed by atoms with Crippen molar-refractivity contribution >= 4 is 17.2 Å². The van der Waals surface area contributed by atoms with E-state index in [1.807, 2.05) is 0 Å². The average Bonchev–Trinajstić information content (AvgIpc) is 2.70. The summed E-state index contributed by atoms with van der Waals surface area (Å²) < 4.78 is 0. The number of hydrogen-bond acceptors (Lipinski definition) is 4. The van der Waals surface area contributed by atoms with Crippen LogP contribution in [0.25, 0.3) is 0 Å². The third kappa shape index (κ3) is 4.56. The lowest BCUT2D eigenvalue weighted by atomic mass is 9.98. The van der Waals surface area contributed by atoms with Gasteiger partial charge < -0.3 is 10.2 Å². The molecule has 1 amide bonds. The fourth-order valence-electron chi connectivity index (χ4n) is 1.84. The number of amides is 1. The summed E-state index contributed by atoms with van der Waals surface area (Å²) in [6, 6.07) is 0.235. The summed E-state index contributed by atoms with van der Waals surface area (Å²) in [5, 5.41) is 4.58. The Labute approximate surface area is 126 Å². The Hall–Kier alpha value is -0.940. The summed E-state index contributed by atoms with van der Waals surface area (Å²) in [5.41, 5.74) is 1.19. The number of carbonyl (C=O) groups is 1. The van der Waals surface area contributed by atoms with Crippen molar-refractivity contribution in [3.63, 3.8) is 0 Å². The minimum absolute atomic E-state index is 0.0916. The molecule has 0 spiro atoms. The Balaban J connectivity index is 2.62. The second-order valence-corrected chi connectivity index (χ2v) is 7.46. The van der Waals surface area contributed by atoms with Crippen molar-refractivity contribution in [3.8, 4) is 0 Å². The van der Waals surface area contributed by atoms with Crippen molar-refractivity contribution in [1.82, 2.24) is 15.2 Å². The molecule has 1 aromatic heterocycles. The maximum atomic E-state index is 11.5. The van der Waals surface area contributed by atoms with Gasteiger partial charge in [-0.3, -0.25) is 4.79 Å². The molecule has 0 aliphatic heterocycles. The molecule has 0 aromatic carbocycles. The van der Waals surface area contributed by atoms with E-state index >= 15 is 0 Å². The van der Waals surface area contributed by atoms with Crippen molar-refractivity contribution in [2.75, 3.05) is 20.6 Å². The van der Waals surface area contributed by atoms with E-state index in [0.29, 0.717) is 13.0 Å². The first-order valence-electron chi connectivity index (χ1n) is 7.04. The number of rotatable bonds is 5. The minimum atomic E-state index is 0.0916. The minimum Gasteiger partial charge on any atom is -0.349 e. The van der Waals surface area contributed by atoms with Crippen LogP contribution in [0.1, 0.15) is 55.7 Å². The summed E-state index contributed by atoms with van der Waals surface area (Å²) in [6.45, 7) is 11.4. The highest BCUT2D eigenvalue weighted by atomic mass is 32.1. The van der Waals surface area contributed by atoms with Crippen LogP contribution in [0.5, 0.6) is 0 Å². The second-order valence-electron chi connectivity index (χ2n) is 6.43. The zero-order valence-electron chi connectivity index (χ0n) is 13.7. The van der Waals surface area contributed by atoms with E-state index < -0.39 is 0 Å². The molecule has 1 aromatic rings. The Morgan fingerprint density at radius 2 is 2.00 bits per heavy atom. The van der Waals surface area contributed by atoms with E-state index in [0.717, 1.165) is 5.69 Å². The molecule has 1 unspecified atom stereocenters. The van der Waals surface area contributed by atoms with Gasteiger partial charge in [0.25, 0.3) is 0 Å². The molecule has 1 heterocycles. The molecule has 1 rings (SSSR count). The fraction of sp³-hybridized carbons (Fsp3) is 0.733. The number of aromatic nitrogens is 1. The van der Waals surface area contributed by atoms with Gasteiger partial charge >= 0.3 is 0 Å². The SMILES string of the molecule is Cc1nc(C(C)(C)C)sc1C(C)NCCC(=O)N(C)C.